The minimum absolute atomic E-state index is 0.195. The number of benzene rings is 1. The SMILES string of the molecule is C=CCN(CCC)C1CCC(c2ccc(CC)cc2CC)(N(C)C)CC1. The van der Waals surface area contributed by atoms with Crippen LogP contribution in [-0.2, 0) is 18.4 Å². The highest BCUT2D eigenvalue weighted by Gasteiger charge is 2.40. The van der Waals surface area contributed by atoms with Crippen molar-refractivity contribution in [1.29, 1.82) is 0 Å². The number of hydrogen-bond acceptors (Lipinski definition) is 2. The highest BCUT2D eigenvalue weighted by Crippen LogP contribution is 2.44. The van der Waals surface area contributed by atoms with Gasteiger partial charge in [-0.3, -0.25) is 9.80 Å². The maximum atomic E-state index is 3.97. The molecule has 0 bridgehead atoms. The Morgan fingerprint density at radius 2 is 1.81 bits per heavy atom. The molecule has 2 nitrogen and oxygen atoms in total. The second-order valence-electron chi connectivity index (χ2n) is 8.14. The van der Waals surface area contributed by atoms with Crippen LogP contribution in [0, 0.1) is 0 Å². The first-order valence-electron chi connectivity index (χ1n) is 10.7. The monoisotopic (exact) mass is 356 g/mol. The Bertz CT molecular complexity index is 568. The summed E-state index contributed by atoms with van der Waals surface area (Å²) >= 11 is 0. The minimum atomic E-state index is 0.195. The van der Waals surface area contributed by atoms with Crippen molar-refractivity contribution in [2.24, 2.45) is 0 Å². The van der Waals surface area contributed by atoms with Gasteiger partial charge < -0.3 is 0 Å². The summed E-state index contributed by atoms with van der Waals surface area (Å²) in [4.78, 5) is 5.15. The zero-order valence-electron chi connectivity index (χ0n) is 17.9. The molecule has 0 unspecified atom stereocenters. The van der Waals surface area contributed by atoms with Crippen LogP contribution in [0.5, 0.6) is 0 Å². The lowest BCUT2D eigenvalue weighted by molar-refractivity contribution is 0.0522. The minimum Gasteiger partial charge on any atom is -0.300 e. The van der Waals surface area contributed by atoms with Gasteiger partial charge in [0.15, 0.2) is 0 Å². The van der Waals surface area contributed by atoms with Crippen LogP contribution < -0.4 is 0 Å². The van der Waals surface area contributed by atoms with Crippen LogP contribution in [0.2, 0.25) is 0 Å². The molecule has 0 saturated heterocycles. The van der Waals surface area contributed by atoms with Gasteiger partial charge in [0.2, 0.25) is 0 Å². The van der Waals surface area contributed by atoms with E-state index in [0.717, 1.165) is 19.4 Å². The molecule has 1 aliphatic carbocycles. The van der Waals surface area contributed by atoms with Crippen LogP contribution in [0.15, 0.2) is 30.9 Å². The number of nitrogens with zero attached hydrogens (tertiary/aromatic N) is 2. The van der Waals surface area contributed by atoms with Crippen molar-refractivity contribution in [3.8, 4) is 0 Å². The predicted molar refractivity (Wildman–Crippen MR) is 115 cm³/mol. The Morgan fingerprint density at radius 3 is 2.31 bits per heavy atom. The van der Waals surface area contributed by atoms with E-state index in [1.165, 1.54) is 44.2 Å². The Labute approximate surface area is 162 Å². The first-order valence-corrected chi connectivity index (χ1v) is 10.7. The molecule has 2 heteroatoms. The first-order chi connectivity index (χ1) is 12.5. The zero-order valence-corrected chi connectivity index (χ0v) is 17.9. The van der Waals surface area contributed by atoms with E-state index in [0.29, 0.717) is 6.04 Å². The van der Waals surface area contributed by atoms with Crippen molar-refractivity contribution in [1.82, 2.24) is 9.80 Å². The van der Waals surface area contributed by atoms with E-state index in [4.69, 9.17) is 0 Å². The molecule has 0 atom stereocenters. The number of rotatable bonds is 9. The summed E-state index contributed by atoms with van der Waals surface area (Å²) in [6, 6.07) is 7.95. The van der Waals surface area contributed by atoms with Gasteiger partial charge >= 0.3 is 0 Å². The molecule has 1 fully saturated rings. The van der Waals surface area contributed by atoms with Crippen LogP contribution >= 0.6 is 0 Å². The normalized spacial score (nSPS) is 23.6. The van der Waals surface area contributed by atoms with Crippen LogP contribution in [0.3, 0.4) is 0 Å². The van der Waals surface area contributed by atoms with Gasteiger partial charge in [-0.2, -0.15) is 0 Å². The summed E-state index contributed by atoms with van der Waals surface area (Å²) < 4.78 is 0. The molecule has 0 N–H and O–H groups in total. The van der Waals surface area contributed by atoms with Crippen LogP contribution in [0.25, 0.3) is 0 Å². The van der Waals surface area contributed by atoms with E-state index in [9.17, 15) is 0 Å². The van der Waals surface area contributed by atoms with Crippen molar-refractivity contribution >= 4 is 0 Å². The maximum absolute atomic E-state index is 3.97. The van der Waals surface area contributed by atoms with Gasteiger partial charge in [-0.25, -0.2) is 0 Å². The van der Waals surface area contributed by atoms with Gasteiger partial charge in [-0.1, -0.05) is 45.0 Å². The molecule has 0 aromatic heterocycles. The summed E-state index contributed by atoms with van der Waals surface area (Å²) in [6.07, 6.45) is 10.6. The number of hydrogen-bond donors (Lipinski definition) is 0. The fraction of sp³-hybridized carbons (Fsp3) is 0.667. The van der Waals surface area contributed by atoms with Crippen molar-refractivity contribution in [3.05, 3.63) is 47.5 Å². The Balaban J connectivity index is 2.27. The maximum Gasteiger partial charge on any atom is 0.0458 e. The molecule has 1 saturated carbocycles. The van der Waals surface area contributed by atoms with E-state index in [1.807, 2.05) is 0 Å². The highest BCUT2D eigenvalue weighted by molar-refractivity contribution is 5.38. The van der Waals surface area contributed by atoms with Crippen LogP contribution in [0.1, 0.15) is 69.6 Å². The third kappa shape index (κ3) is 4.40. The van der Waals surface area contributed by atoms with E-state index in [-0.39, 0.29) is 5.54 Å². The van der Waals surface area contributed by atoms with E-state index in [2.05, 4.69) is 75.5 Å². The molecule has 1 aromatic rings. The van der Waals surface area contributed by atoms with E-state index in [1.54, 1.807) is 11.1 Å². The Morgan fingerprint density at radius 1 is 1.12 bits per heavy atom. The molecule has 1 aliphatic rings. The lowest BCUT2D eigenvalue weighted by Crippen LogP contribution is -2.49. The average Bonchev–Trinajstić information content (AvgIpc) is 2.67. The van der Waals surface area contributed by atoms with E-state index >= 15 is 0 Å². The molecular formula is C24H40N2. The summed E-state index contributed by atoms with van der Waals surface area (Å²) in [6.45, 7) is 13.0. The molecule has 0 spiro atoms. The van der Waals surface area contributed by atoms with Gasteiger partial charge in [0.1, 0.15) is 0 Å². The van der Waals surface area contributed by atoms with Crippen LogP contribution in [0.4, 0.5) is 0 Å². The smallest absolute Gasteiger partial charge is 0.0458 e. The molecule has 26 heavy (non-hydrogen) atoms. The standard InChI is InChI=1S/C24H40N2/c1-7-17-26(18-8-2)22-13-15-24(16-14-22,25(5)6)23-12-11-20(9-3)19-21(23)10-4/h7,11-12,19,22H,1,8-10,13-18H2,2-6H3. The van der Waals surface area contributed by atoms with Gasteiger partial charge in [-0.05, 0) is 82.3 Å². The molecule has 2 rings (SSSR count). The second-order valence-corrected chi connectivity index (χ2v) is 8.14. The van der Waals surface area contributed by atoms with Gasteiger partial charge in [0.05, 0.1) is 0 Å². The second kappa shape index (κ2) is 9.71. The predicted octanol–water partition coefficient (Wildman–Crippen LogP) is 5.41. The molecule has 1 aromatic carbocycles. The fourth-order valence-corrected chi connectivity index (χ4v) is 4.89. The van der Waals surface area contributed by atoms with Gasteiger partial charge in [0.25, 0.3) is 0 Å². The summed E-state index contributed by atoms with van der Waals surface area (Å²) in [5, 5.41) is 0. The third-order valence-electron chi connectivity index (χ3n) is 6.49. The Hall–Kier alpha value is -1.12. The Kier molecular flexibility index (Phi) is 7.91. The fourth-order valence-electron chi connectivity index (χ4n) is 4.89. The topological polar surface area (TPSA) is 6.48 Å². The van der Waals surface area contributed by atoms with Crippen molar-refractivity contribution in [2.45, 2.75) is 77.3 Å². The van der Waals surface area contributed by atoms with Crippen molar-refractivity contribution in [3.63, 3.8) is 0 Å². The first kappa shape index (κ1) is 21.2. The lowest BCUT2D eigenvalue weighted by Gasteiger charge is -2.48. The van der Waals surface area contributed by atoms with Gasteiger partial charge in [-0.15, -0.1) is 6.58 Å². The largest absolute Gasteiger partial charge is 0.300 e. The molecule has 0 radical (unpaired) electrons. The zero-order chi connectivity index (χ0) is 19.2. The average molecular weight is 357 g/mol. The van der Waals surface area contributed by atoms with Crippen molar-refractivity contribution < 1.29 is 0 Å². The molecule has 0 aliphatic heterocycles. The van der Waals surface area contributed by atoms with E-state index < -0.39 is 0 Å². The van der Waals surface area contributed by atoms with Crippen molar-refractivity contribution in [2.75, 3.05) is 27.2 Å². The quantitative estimate of drug-likeness (QED) is 0.546. The molecular weight excluding hydrogens is 316 g/mol. The van der Waals surface area contributed by atoms with Crippen LogP contribution in [-0.4, -0.2) is 43.0 Å². The summed E-state index contributed by atoms with van der Waals surface area (Å²) in [7, 11) is 4.56. The highest BCUT2D eigenvalue weighted by atomic mass is 15.2. The lowest BCUT2D eigenvalue weighted by atomic mass is 9.71. The summed E-state index contributed by atoms with van der Waals surface area (Å²) in [5.41, 5.74) is 4.79. The molecule has 146 valence electrons. The molecule has 0 amide bonds. The number of aryl methyl sites for hydroxylation is 2. The van der Waals surface area contributed by atoms with Gasteiger partial charge in [0, 0.05) is 18.1 Å². The summed E-state index contributed by atoms with van der Waals surface area (Å²) in [5.74, 6) is 0. The molecule has 0 heterocycles. The third-order valence-corrected chi connectivity index (χ3v) is 6.49.